The van der Waals surface area contributed by atoms with Gasteiger partial charge in [-0.1, -0.05) is 11.8 Å². The van der Waals surface area contributed by atoms with Crippen molar-refractivity contribution in [3.8, 4) is 0 Å². The molecule has 0 fully saturated rings. The van der Waals surface area contributed by atoms with Crippen LogP contribution in [0.15, 0.2) is 9.95 Å². The van der Waals surface area contributed by atoms with Gasteiger partial charge in [-0.3, -0.25) is 14.2 Å². The zero-order valence-electron chi connectivity index (χ0n) is 12.5. The minimum absolute atomic E-state index is 0.212. The summed E-state index contributed by atoms with van der Waals surface area (Å²) in [7, 11) is 0. The number of fused-ring (bicyclic) bond motifs is 2. The Morgan fingerprint density at radius 2 is 2.23 bits per heavy atom. The van der Waals surface area contributed by atoms with E-state index in [0.717, 1.165) is 10.4 Å². The van der Waals surface area contributed by atoms with Gasteiger partial charge in [0.1, 0.15) is 4.83 Å². The number of aliphatic hydroxyl groups is 1. The van der Waals surface area contributed by atoms with E-state index in [9.17, 15) is 14.7 Å². The zero-order valence-corrected chi connectivity index (χ0v) is 14.1. The maximum Gasteiger partial charge on any atom is 0.310 e. The molecule has 1 atom stereocenters. The molecule has 0 radical (unpaired) electrons. The molecule has 0 aromatic carbocycles. The molecule has 1 aliphatic rings. The smallest absolute Gasteiger partial charge is 0.310 e. The van der Waals surface area contributed by atoms with Gasteiger partial charge in [-0.05, 0) is 26.3 Å². The molecule has 2 aromatic heterocycles. The van der Waals surface area contributed by atoms with Gasteiger partial charge in [-0.25, -0.2) is 4.98 Å². The third-order valence-corrected chi connectivity index (χ3v) is 5.99. The SMILES string of the molecule is CCOC(=O)C[C@@]1(O)CSc2nc3sc(C)c(C)c3c(=O)n21. The van der Waals surface area contributed by atoms with Gasteiger partial charge in [-0.15, -0.1) is 11.3 Å². The number of hydrogen-bond acceptors (Lipinski definition) is 7. The predicted molar refractivity (Wildman–Crippen MR) is 85.5 cm³/mol. The van der Waals surface area contributed by atoms with Gasteiger partial charge >= 0.3 is 5.97 Å². The largest absolute Gasteiger partial charge is 0.466 e. The molecule has 2 aromatic rings. The molecular weight excluding hydrogens is 324 g/mol. The molecule has 3 heterocycles. The molecule has 0 spiro atoms. The first kappa shape index (κ1) is 15.5. The number of carbonyl (C=O) groups excluding carboxylic acids is 1. The van der Waals surface area contributed by atoms with E-state index < -0.39 is 11.7 Å². The summed E-state index contributed by atoms with van der Waals surface area (Å²) in [4.78, 5) is 30.7. The standard InChI is InChI=1S/C14H16N2O4S2/c1-4-20-9(17)5-14(19)6-21-13-15-11-10(12(18)16(13)14)7(2)8(3)22-11/h19H,4-6H2,1-3H3/t14-/m1/s1. The summed E-state index contributed by atoms with van der Waals surface area (Å²) >= 11 is 2.75. The van der Waals surface area contributed by atoms with Gasteiger partial charge < -0.3 is 9.84 Å². The number of nitrogens with zero attached hydrogens (tertiary/aromatic N) is 2. The maximum absolute atomic E-state index is 12.8. The first-order chi connectivity index (χ1) is 10.4. The summed E-state index contributed by atoms with van der Waals surface area (Å²) in [6, 6.07) is 0. The summed E-state index contributed by atoms with van der Waals surface area (Å²) in [5.41, 5.74) is -0.992. The fourth-order valence-corrected chi connectivity index (χ4v) is 4.76. The molecule has 1 aliphatic heterocycles. The van der Waals surface area contributed by atoms with Gasteiger partial charge in [0.15, 0.2) is 10.9 Å². The van der Waals surface area contributed by atoms with E-state index in [0.29, 0.717) is 15.4 Å². The second-order valence-electron chi connectivity index (χ2n) is 5.25. The number of aryl methyl sites for hydroxylation is 2. The van der Waals surface area contributed by atoms with Crippen molar-refractivity contribution in [1.29, 1.82) is 0 Å². The third kappa shape index (κ3) is 2.26. The molecule has 22 heavy (non-hydrogen) atoms. The van der Waals surface area contributed by atoms with Crippen molar-refractivity contribution >= 4 is 39.3 Å². The van der Waals surface area contributed by atoms with E-state index in [-0.39, 0.29) is 24.3 Å². The van der Waals surface area contributed by atoms with Crippen LogP contribution in [0.4, 0.5) is 0 Å². The topological polar surface area (TPSA) is 81.4 Å². The monoisotopic (exact) mass is 340 g/mol. The summed E-state index contributed by atoms with van der Waals surface area (Å²) in [6.45, 7) is 5.75. The Balaban J connectivity index is 2.15. The van der Waals surface area contributed by atoms with Crippen molar-refractivity contribution in [3.63, 3.8) is 0 Å². The predicted octanol–water partition coefficient (Wildman–Crippen LogP) is 1.78. The maximum atomic E-state index is 12.8. The van der Waals surface area contributed by atoms with Crippen molar-refractivity contribution in [3.05, 3.63) is 20.8 Å². The van der Waals surface area contributed by atoms with Gasteiger partial charge in [-0.2, -0.15) is 0 Å². The fraction of sp³-hybridized carbons (Fsp3) is 0.500. The van der Waals surface area contributed by atoms with E-state index in [1.54, 1.807) is 6.92 Å². The van der Waals surface area contributed by atoms with Gasteiger partial charge in [0, 0.05) is 4.88 Å². The molecule has 3 rings (SSSR count). The first-order valence-electron chi connectivity index (χ1n) is 6.91. The Morgan fingerprint density at radius 3 is 2.91 bits per heavy atom. The van der Waals surface area contributed by atoms with E-state index in [1.165, 1.54) is 27.7 Å². The number of thiophene rings is 1. The minimum Gasteiger partial charge on any atom is -0.466 e. The lowest BCUT2D eigenvalue weighted by atomic mass is 10.1. The van der Waals surface area contributed by atoms with Crippen LogP contribution in [0.3, 0.4) is 0 Å². The molecule has 6 nitrogen and oxygen atoms in total. The Labute approximate surface area is 135 Å². The Bertz CT molecular complexity index is 826. The number of hydrogen-bond donors (Lipinski definition) is 1. The van der Waals surface area contributed by atoms with Gasteiger partial charge in [0.05, 0.1) is 24.2 Å². The highest BCUT2D eigenvalue weighted by molar-refractivity contribution is 7.99. The molecule has 0 amide bonds. The number of ether oxygens (including phenoxy) is 1. The lowest BCUT2D eigenvalue weighted by Crippen LogP contribution is -2.42. The zero-order chi connectivity index (χ0) is 16.1. The van der Waals surface area contributed by atoms with Crippen LogP contribution in [0.5, 0.6) is 0 Å². The van der Waals surface area contributed by atoms with Crippen molar-refractivity contribution in [1.82, 2.24) is 9.55 Å². The molecule has 1 N–H and O–H groups in total. The summed E-state index contributed by atoms with van der Waals surface area (Å²) in [6.07, 6.45) is -0.254. The number of carbonyl (C=O) groups is 1. The molecule has 0 aliphatic carbocycles. The number of esters is 1. The third-order valence-electron chi connectivity index (χ3n) is 3.75. The van der Waals surface area contributed by atoms with Crippen LogP contribution in [0.2, 0.25) is 0 Å². The summed E-state index contributed by atoms with van der Waals surface area (Å²) < 4.78 is 6.14. The molecule has 118 valence electrons. The normalized spacial score (nSPS) is 20.4. The molecular formula is C14H16N2O4S2. The Kier molecular flexibility index (Phi) is 3.78. The van der Waals surface area contributed by atoms with E-state index in [2.05, 4.69) is 4.98 Å². The number of rotatable bonds is 3. The van der Waals surface area contributed by atoms with Crippen LogP contribution in [-0.4, -0.2) is 33.0 Å². The first-order valence-corrected chi connectivity index (χ1v) is 8.71. The molecule has 0 saturated carbocycles. The van der Waals surface area contributed by atoms with Gasteiger partial charge in [0.2, 0.25) is 0 Å². The average molecular weight is 340 g/mol. The molecule has 0 unspecified atom stereocenters. The summed E-state index contributed by atoms with van der Waals surface area (Å²) in [5, 5.41) is 11.8. The van der Waals surface area contributed by atoms with E-state index in [1.807, 2.05) is 13.8 Å². The quantitative estimate of drug-likeness (QED) is 0.677. The summed E-state index contributed by atoms with van der Waals surface area (Å²) in [5.74, 6) is -0.313. The van der Waals surface area contributed by atoms with Crippen LogP contribution in [-0.2, 0) is 15.3 Å². The van der Waals surface area contributed by atoms with Crippen molar-refractivity contribution in [2.75, 3.05) is 12.4 Å². The Morgan fingerprint density at radius 1 is 1.50 bits per heavy atom. The van der Waals surface area contributed by atoms with E-state index in [4.69, 9.17) is 4.74 Å². The van der Waals surface area contributed by atoms with Crippen LogP contribution < -0.4 is 5.56 Å². The van der Waals surface area contributed by atoms with Crippen LogP contribution >= 0.6 is 23.1 Å². The minimum atomic E-state index is -1.58. The second-order valence-corrected chi connectivity index (χ2v) is 7.40. The van der Waals surface area contributed by atoms with Crippen molar-refractivity contribution in [2.24, 2.45) is 0 Å². The second kappa shape index (κ2) is 5.36. The average Bonchev–Trinajstić information content (AvgIpc) is 2.89. The van der Waals surface area contributed by atoms with Crippen LogP contribution in [0.1, 0.15) is 23.8 Å². The molecule has 0 bridgehead atoms. The van der Waals surface area contributed by atoms with Crippen molar-refractivity contribution in [2.45, 2.75) is 38.1 Å². The molecule has 8 heteroatoms. The van der Waals surface area contributed by atoms with E-state index >= 15 is 0 Å². The highest BCUT2D eigenvalue weighted by Gasteiger charge is 2.42. The highest BCUT2D eigenvalue weighted by atomic mass is 32.2. The lowest BCUT2D eigenvalue weighted by molar-refractivity contribution is -0.152. The van der Waals surface area contributed by atoms with Crippen LogP contribution in [0.25, 0.3) is 10.2 Å². The van der Waals surface area contributed by atoms with Crippen LogP contribution in [0, 0.1) is 13.8 Å². The Hall–Kier alpha value is -1.38. The number of thioether (sulfide) groups is 1. The number of aromatic nitrogens is 2. The lowest BCUT2D eigenvalue weighted by Gasteiger charge is -2.23. The highest BCUT2D eigenvalue weighted by Crippen LogP contribution is 2.38. The fourth-order valence-electron chi connectivity index (χ4n) is 2.56. The molecule has 0 saturated heterocycles. The van der Waals surface area contributed by atoms with Gasteiger partial charge in [0.25, 0.3) is 5.56 Å². The van der Waals surface area contributed by atoms with Crippen molar-refractivity contribution < 1.29 is 14.6 Å².